The van der Waals surface area contributed by atoms with Gasteiger partial charge in [0.2, 0.25) is 5.91 Å². The van der Waals surface area contributed by atoms with E-state index in [-0.39, 0.29) is 35.6 Å². The average Bonchev–Trinajstić information content (AvgIpc) is 3.24. The van der Waals surface area contributed by atoms with Crippen LogP contribution in [0.2, 0.25) is 0 Å². The lowest BCUT2D eigenvalue weighted by molar-refractivity contribution is -0.116. The third-order valence-electron chi connectivity index (χ3n) is 5.96. The highest BCUT2D eigenvalue weighted by Crippen LogP contribution is 2.37. The first-order valence-electron chi connectivity index (χ1n) is 12.3. The van der Waals surface area contributed by atoms with E-state index in [9.17, 15) is 14.4 Å². The quantitative estimate of drug-likeness (QED) is 0.341. The second kappa shape index (κ2) is 11.6. The summed E-state index contributed by atoms with van der Waals surface area (Å²) in [6.45, 7) is 3.59. The van der Waals surface area contributed by atoms with Crippen molar-refractivity contribution in [2.24, 2.45) is 11.5 Å². The second-order valence-electron chi connectivity index (χ2n) is 8.58. The molecule has 0 saturated heterocycles. The van der Waals surface area contributed by atoms with Crippen LogP contribution < -0.4 is 26.4 Å². The van der Waals surface area contributed by atoms with Crippen molar-refractivity contribution in [1.29, 1.82) is 0 Å². The molecule has 3 aromatic rings. The molecule has 1 aliphatic heterocycles. The Morgan fingerprint density at radius 1 is 1.08 bits per heavy atom. The Kier molecular flexibility index (Phi) is 8.09. The molecule has 0 fully saturated rings. The van der Waals surface area contributed by atoms with Crippen LogP contribution in [-0.2, 0) is 11.2 Å². The van der Waals surface area contributed by atoms with E-state index in [1.807, 2.05) is 6.92 Å². The van der Waals surface area contributed by atoms with Gasteiger partial charge in [0.25, 0.3) is 11.8 Å². The molecule has 37 heavy (non-hydrogen) atoms. The van der Waals surface area contributed by atoms with E-state index < -0.39 is 5.91 Å². The Morgan fingerprint density at radius 3 is 2.57 bits per heavy atom. The maximum atomic E-state index is 13.1. The highest BCUT2D eigenvalue weighted by Gasteiger charge is 2.35. The summed E-state index contributed by atoms with van der Waals surface area (Å²) < 4.78 is 5.49. The number of unbranched alkanes of at least 4 members (excludes halogenated alkanes) is 2. The molecule has 0 unspecified atom stereocenters. The summed E-state index contributed by atoms with van der Waals surface area (Å²) >= 11 is 0. The van der Waals surface area contributed by atoms with Crippen molar-refractivity contribution in [1.82, 2.24) is 15.3 Å². The summed E-state index contributed by atoms with van der Waals surface area (Å²) in [5.74, 6) is -0.0668. The molecule has 0 spiro atoms. The van der Waals surface area contributed by atoms with Gasteiger partial charge in [0.15, 0.2) is 5.82 Å². The number of hydrogen-bond acceptors (Lipinski definition) is 7. The molecule has 2 aromatic carbocycles. The zero-order valence-electron chi connectivity index (χ0n) is 20.7. The van der Waals surface area contributed by atoms with Gasteiger partial charge in [0, 0.05) is 23.2 Å². The number of carbonyl (C=O) groups excluding carboxylic acids is 3. The number of benzene rings is 2. The fourth-order valence-electron chi connectivity index (χ4n) is 4.17. The van der Waals surface area contributed by atoms with E-state index in [0.717, 1.165) is 19.3 Å². The summed E-state index contributed by atoms with van der Waals surface area (Å²) in [5.41, 5.74) is 13.0. The largest absolute Gasteiger partial charge is 0.494 e. The predicted octanol–water partition coefficient (Wildman–Crippen LogP) is 2.72. The number of amides is 3. The van der Waals surface area contributed by atoms with Crippen LogP contribution in [0.25, 0.3) is 11.4 Å². The zero-order valence-corrected chi connectivity index (χ0v) is 20.7. The molecule has 0 aliphatic carbocycles. The molecule has 10 heteroatoms. The zero-order chi connectivity index (χ0) is 26.4. The monoisotopic (exact) mass is 502 g/mol. The molecule has 0 radical (unpaired) electrons. The number of nitrogens with zero attached hydrogens (tertiary/aromatic N) is 3. The molecule has 4 rings (SSSR count). The van der Waals surface area contributed by atoms with Crippen molar-refractivity contribution < 1.29 is 19.1 Å². The van der Waals surface area contributed by atoms with Crippen LogP contribution in [0.3, 0.4) is 0 Å². The molecular formula is C27H30N6O4. The van der Waals surface area contributed by atoms with Gasteiger partial charge in [-0.15, -0.1) is 0 Å². The van der Waals surface area contributed by atoms with Crippen molar-refractivity contribution in [3.05, 3.63) is 65.4 Å². The lowest BCUT2D eigenvalue weighted by Gasteiger charge is -2.18. The van der Waals surface area contributed by atoms with Crippen LogP contribution in [0, 0.1) is 0 Å². The lowest BCUT2D eigenvalue weighted by Crippen LogP contribution is -2.26. The average molecular weight is 503 g/mol. The Balaban J connectivity index is 1.66. The van der Waals surface area contributed by atoms with Crippen LogP contribution in [0.5, 0.6) is 5.75 Å². The summed E-state index contributed by atoms with van der Waals surface area (Å²) in [6, 6.07) is 13.8. The minimum absolute atomic E-state index is 0.00360. The van der Waals surface area contributed by atoms with Crippen LogP contribution in [0.15, 0.2) is 48.5 Å². The van der Waals surface area contributed by atoms with Gasteiger partial charge in [-0.3, -0.25) is 19.3 Å². The van der Waals surface area contributed by atoms with Crippen molar-refractivity contribution in [3.8, 4) is 17.1 Å². The van der Waals surface area contributed by atoms with E-state index in [0.29, 0.717) is 47.8 Å². The van der Waals surface area contributed by atoms with Crippen molar-refractivity contribution in [3.63, 3.8) is 0 Å². The SMILES string of the molecule is CCOc1ccc(-c2nc(C(N)=O)c3c(n2)N(c2cccc(C(=O)NCCCCCN)c2)C(=O)C3)cc1. The van der Waals surface area contributed by atoms with E-state index in [1.165, 1.54) is 4.90 Å². The van der Waals surface area contributed by atoms with Gasteiger partial charge in [0.05, 0.1) is 18.7 Å². The Labute approximate surface area is 215 Å². The normalized spacial score (nSPS) is 12.4. The molecule has 0 saturated carbocycles. The third kappa shape index (κ3) is 5.75. The van der Waals surface area contributed by atoms with Crippen LogP contribution >= 0.6 is 0 Å². The number of anilines is 2. The van der Waals surface area contributed by atoms with Gasteiger partial charge in [0.1, 0.15) is 17.3 Å². The Hall–Kier alpha value is -4.31. The maximum Gasteiger partial charge on any atom is 0.267 e. The summed E-state index contributed by atoms with van der Waals surface area (Å²) in [5, 5.41) is 2.89. The number of fused-ring (bicyclic) bond motifs is 1. The molecule has 192 valence electrons. The fourth-order valence-corrected chi connectivity index (χ4v) is 4.17. The van der Waals surface area contributed by atoms with Gasteiger partial charge in [-0.2, -0.15) is 0 Å². The molecule has 2 heterocycles. The standard InChI is InChI=1S/C27H30N6O4/c1-2-37-20-11-9-17(10-12-20)25-31-23(24(29)35)21-16-22(34)33(26(21)32-25)19-8-6-7-18(15-19)27(36)30-14-5-3-4-13-28/h6-12,15H,2-5,13-14,16,28H2,1H3,(H2,29,35)(H,30,36). The van der Waals surface area contributed by atoms with Gasteiger partial charge >= 0.3 is 0 Å². The van der Waals surface area contributed by atoms with Crippen molar-refractivity contribution in [2.75, 3.05) is 24.6 Å². The fraction of sp³-hybridized carbons (Fsp3) is 0.296. The van der Waals surface area contributed by atoms with Gasteiger partial charge in [-0.25, -0.2) is 9.97 Å². The molecule has 10 nitrogen and oxygen atoms in total. The van der Waals surface area contributed by atoms with Gasteiger partial charge in [-0.05, 0) is 68.8 Å². The molecule has 3 amide bonds. The maximum absolute atomic E-state index is 13.1. The first-order valence-corrected chi connectivity index (χ1v) is 12.3. The number of hydrogen-bond donors (Lipinski definition) is 3. The molecule has 0 bridgehead atoms. The number of carbonyl (C=O) groups is 3. The number of nitrogens with two attached hydrogens (primary N) is 2. The number of nitrogens with one attached hydrogen (secondary N) is 1. The smallest absolute Gasteiger partial charge is 0.267 e. The summed E-state index contributed by atoms with van der Waals surface area (Å²) in [4.78, 5) is 48.5. The van der Waals surface area contributed by atoms with Crippen molar-refractivity contribution in [2.45, 2.75) is 32.6 Å². The van der Waals surface area contributed by atoms with E-state index in [2.05, 4.69) is 15.3 Å². The Bertz CT molecular complexity index is 1310. The third-order valence-corrected chi connectivity index (χ3v) is 5.96. The minimum Gasteiger partial charge on any atom is -0.494 e. The number of aromatic nitrogens is 2. The Morgan fingerprint density at radius 2 is 1.86 bits per heavy atom. The first kappa shape index (κ1) is 25.8. The number of primary amides is 1. The molecule has 0 atom stereocenters. The van der Waals surface area contributed by atoms with E-state index in [1.54, 1.807) is 48.5 Å². The predicted molar refractivity (Wildman–Crippen MR) is 140 cm³/mol. The molecule has 1 aliphatic rings. The lowest BCUT2D eigenvalue weighted by atomic mass is 10.1. The highest BCUT2D eigenvalue weighted by atomic mass is 16.5. The topological polar surface area (TPSA) is 154 Å². The highest BCUT2D eigenvalue weighted by molar-refractivity contribution is 6.10. The van der Waals surface area contributed by atoms with E-state index in [4.69, 9.17) is 16.2 Å². The van der Waals surface area contributed by atoms with Crippen LogP contribution in [0.1, 0.15) is 52.6 Å². The molecule has 5 N–H and O–H groups in total. The second-order valence-corrected chi connectivity index (χ2v) is 8.58. The van der Waals surface area contributed by atoms with Crippen molar-refractivity contribution >= 4 is 29.2 Å². The van der Waals surface area contributed by atoms with E-state index >= 15 is 0 Å². The minimum atomic E-state index is -0.747. The summed E-state index contributed by atoms with van der Waals surface area (Å²) in [6.07, 6.45) is 2.61. The number of ether oxygens (including phenoxy) is 1. The summed E-state index contributed by atoms with van der Waals surface area (Å²) in [7, 11) is 0. The molecule has 1 aromatic heterocycles. The number of rotatable bonds is 11. The van der Waals surface area contributed by atoms with Crippen LogP contribution in [-0.4, -0.2) is 47.4 Å². The van der Waals surface area contributed by atoms with Gasteiger partial charge in [-0.1, -0.05) is 12.5 Å². The molecular weight excluding hydrogens is 472 g/mol. The van der Waals surface area contributed by atoms with Crippen LogP contribution in [0.4, 0.5) is 11.5 Å². The van der Waals surface area contributed by atoms with Gasteiger partial charge < -0.3 is 21.5 Å². The first-order chi connectivity index (χ1) is 17.9.